The van der Waals surface area contributed by atoms with Crippen LogP contribution in [0, 0.1) is 12.1 Å². The summed E-state index contributed by atoms with van der Waals surface area (Å²) >= 11 is 6.58. The number of benzene rings is 2. The maximum atomic E-state index is 3.29. The smallest absolute Gasteiger partial charge is 0.184 e. The maximum absolute atomic E-state index is 3.29. The van der Waals surface area contributed by atoms with E-state index in [1.807, 2.05) is 48.5 Å². The Hall–Kier alpha value is 0.166. The van der Waals surface area contributed by atoms with Crippen LogP contribution in [0.5, 0.6) is 0 Å². The van der Waals surface area contributed by atoms with Crippen molar-refractivity contribution in [3.8, 4) is 0 Å². The second kappa shape index (κ2) is 9.40. The molecule has 0 heterocycles. The Balaban J connectivity index is 0.000000245. The van der Waals surface area contributed by atoms with Crippen molar-refractivity contribution in [2.24, 2.45) is 0 Å². The van der Waals surface area contributed by atoms with Crippen LogP contribution in [0.4, 0.5) is 0 Å². The average Bonchev–Trinajstić information content (AvgIpc) is 2.21. The normalized spacial score (nSPS) is 8.13. The Bertz CT molecular complexity index is 311. The van der Waals surface area contributed by atoms with E-state index in [0.29, 0.717) is 0 Å². The monoisotopic (exact) mass is 334 g/mol. The molecule has 3 heteroatoms. The summed E-state index contributed by atoms with van der Waals surface area (Å²) in [4.78, 5) is 0. The molecule has 0 amide bonds. The molecular formula is C12H8Br2Mg. The molecule has 0 aliphatic carbocycles. The first-order valence-corrected chi connectivity index (χ1v) is 5.61. The molecule has 0 unspecified atom stereocenters. The summed E-state index contributed by atoms with van der Waals surface area (Å²) in [6, 6.07) is 21.0. The molecule has 0 aromatic heterocycles. The van der Waals surface area contributed by atoms with E-state index in [1.54, 1.807) is 0 Å². The molecule has 0 radical (unpaired) electrons. The van der Waals surface area contributed by atoms with Gasteiger partial charge in [0.25, 0.3) is 0 Å². The van der Waals surface area contributed by atoms with Crippen LogP contribution in [-0.4, -0.2) is 23.1 Å². The van der Waals surface area contributed by atoms with Gasteiger partial charge in [-0.2, -0.15) is 60.7 Å². The Morgan fingerprint density at radius 2 is 0.933 bits per heavy atom. The van der Waals surface area contributed by atoms with Crippen molar-refractivity contribution in [3.05, 3.63) is 69.6 Å². The first-order chi connectivity index (χ1) is 6.79. The van der Waals surface area contributed by atoms with Gasteiger partial charge in [-0.15, -0.1) is 0 Å². The van der Waals surface area contributed by atoms with Crippen molar-refractivity contribution in [2.45, 2.75) is 0 Å². The number of halogens is 2. The molecule has 0 atom stereocenters. The predicted molar refractivity (Wildman–Crippen MR) is 71.7 cm³/mol. The molecule has 0 saturated heterocycles. The van der Waals surface area contributed by atoms with E-state index in [9.17, 15) is 0 Å². The van der Waals surface area contributed by atoms with E-state index in [0.717, 1.165) is 8.95 Å². The fourth-order valence-electron chi connectivity index (χ4n) is 0.733. The second-order valence-corrected chi connectivity index (χ2v) is 4.27. The summed E-state index contributed by atoms with van der Waals surface area (Å²) in [5, 5.41) is 0. The average molecular weight is 336 g/mol. The summed E-state index contributed by atoms with van der Waals surface area (Å²) in [7, 11) is 0. The van der Waals surface area contributed by atoms with E-state index in [-0.39, 0.29) is 23.1 Å². The molecule has 0 nitrogen and oxygen atoms in total. The molecule has 0 spiro atoms. The van der Waals surface area contributed by atoms with Crippen molar-refractivity contribution < 1.29 is 0 Å². The van der Waals surface area contributed by atoms with Crippen LogP contribution >= 0.6 is 31.9 Å². The third-order valence-electron chi connectivity index (χ3n) is 1.36. The zero-order valence-electron chi connectivity index (χ0n) is 8.08. The fraction of sp³-hybridized carbons (Fsp3) is 0. The minimum Gasteiger partial charge on any atom is -0.184 e. The van der Waals surface area contributed by atoms with Gasteiger partial charge in [-0.3, -0.25) is 0 Å². The summed E-state index contributed by atoms with van der Waals surface area (Å²) in [6.07, 6.45) is 0. The molecule has 2 aromatic rings. The van der Waals surface area contributed by atoms with E-state index in [2.05, 4.69) is 44.0 Å². The molecule has 15 heavy (non-hydrogen) atoms. The summed E-state index contributed by atoms with van der Waals surface area (Å²) in [5.41, 5.74) is 0. The van der Waals surface area contributed by atoms with E-state index < -0.39 is 0 Å². The molecule has 2 rings (SSSR count). The van der Waals surface area contributed by atoms with Crippen molar-refractivity contribution in [1.82, 2.24) is 0 Å². The van der Waals surface area contributed by atoms with Crippen LogP contribution in [0.2, 0.25) is 0 Å². The molecule has 0 aliphatic heterocycles. The molecule has 72 valence electrons. The van der Waals surface area contributed by atoms with Gasteiger partial charge >= 0.3 is 23.1 Å². The van der Waals surface area contributed by atoms with Gasteiger partial charge in [0.15, 0.2) is 0 Å². The van der Waals surface area contributed by atoms with Crippen LogP contribution in [-0.2, 0) is 0 Å². The van der Waals surface area contributed by atoms with Crippen molar-refractivity contribution >= 4 is 54.9 Å². The van der Waals surface area contributed by atoms with E-state index >= 15 is 0 Å². The SMILES string of the molecule is Brc1cc[c-]cc1.Brc1cc[c-]cc1.[Mg+2]. The molecular weight excluding hydrogens is 328 g/mol. The van der Waals surface area contributed by atoms with Gasteiger partial charge in [-0.25, -0.2) is 0 Å². The van der Waals surface area contributed by atoms with Crippen LogP contribution in [0.1, 0.15) is 0 Å². The van der Waals surface area contributed by atoms with Crippen LogP contribution in [0.15, 0.2) is 57.5 Å². The van der Waals surface area contributed by atoms with Gasteiger partial charge in [0.2, 0.25) is 0 Å². The maximum Gasteiger partial charge on any atom is 2.00 e. The predicted octanol–water partition coefficient (Wildman–Crippen LogP) is 4.12. The van der Waals surface area contributed by atoms with Gasteiger partial charge in [0.1, 0.15) is 0 Å². The van der Waals surface area contributed by atoms with Crippen LogP contribution in [0.3, 0.4) is 0 Å². The zero-order valence-corrected chi connectivity index (χ0v) is 12.7. The number of rotatable bonds is 0. The van der Waals surface area contributed by atoms with Gasteiger partial charge in [-0.05, 0) is 0 Å². The van der Waals surface area contributed by atoms with E-state index in [4.69, 9.17) is 0 Å². The largest absolute Gasteiger partial charge is 2.00 e. The molecule has 0 aliphatic rings. The Morgan fingerprint density at radius 3 is 1.07 bits per heavy atom. The second-order valence-electron chi connectivity index (χ2n) is 2.44. The minimum absolute atomic E-state index is 0. The molecule has 0 fully saturated rings. The summed E-state index contributed by atoms with van der Waals surface area (Å²) in [6.45, 7) is 0. The van der Waals surface area contributed by atoms with Crippen LogP contribution < -0.4 is 0 Å². The third kappa shape index (κ3) is 8.02. The first-order valence-electron chi connectivity index (χ1n) is 4.02. The summed E-state index contributed by atoms with van der Waals surface area (Å²) < 4.78 is 2.21. The number of hydrogen-bond donors (Lipinski definition) is 0. The first kappa shape index (κ1) is 15.2. The van der Waals surface area contributed by atoms with Gasteiger partial charge in [0, 0.05) is 0 Å². The van der Waals surface area contributed by atoms with Gasteiger partial charge in [0.05, 0.1) is 0 Å². The van der Waals surface area contributed by atoms with Gasteiger partial charge in [-0.1, -0.05) is 40.8 Å². The Labute approximate surface area is 123 Å². The zero-order chi connectivity index (χ0) is 10.2. The number of hydrogen-bond acceptors (Lipinski definition) is 0. The Kier molecular flexibility index (Phi) is 9.50. The molecule has 0 saturated carbocycles. The van der Waals surface area contributed by atoms with Crippen molar-refractivity contribution in [3.63, 3.8) is 0 Å². The fourth-order valence-corrected chi connectivity index (χ4v) is 1.26. The van der Waals surface area contributed by atoms with Crippen LogP contribution in [0.25, 0.3) is 0 Å². The Morgan fingerprint density at radius 1 is 0.667 bits per heavy atom. The van der Waals surface area contributed by atoms with Crippen molar-refractivity contribution in [1.29, 1.82) is 0 Å². The molecule has 0 N–H and O–H groups in total. The van der Waals surface area contributed by atoms with E-state index in [1.165, 1.54) is 0 Å². The van der Waals surface area contributed by atoms with Gasteiger partial charge < -0.3 is 0 Å². The quantitative estimate of drug-likeness (QED) is 0.502. The molecule has 0 bridgehead atoms. The van der Waals surface area contributed by atoms with Crippen molar-refractivity contribution in [2.75, 3.05) is 0 Å². The topological polar surface area (TPSA) is 0 Å². The summed E-state index contributed by atoms with van der Waals surface area (Å²) in [5.74, 6) is 0. The minimum atomic E-state index is 0. The third-order valence-corrected chi connectivity index (χ3v) is 2.41. The standard InChI is InChI=1S/2C6H4Br.Mg/c2*7-6-4-2-1-3-5-6;/h2*2-5H;/q2*-1;+2. The molecule has 2 aromatic carbocycles.